The summed E-state index contributed by atoms with van der Waals surface area (Å²) in [6.45, 7) is 3.72. The van der Waals surface area contributed by atoms with Crippen LogP contribution in [0, 0.1) is 12.8 Å². The van der Waals surface area contributed by atoms with Gasteiger partial charge in [0.15, 0.2) is 0 Å². The van der Waals surface area contributed by atoms with Crippen LogP contribution in [-0.4, -0.2) is 66.0 Å². The molecule has 4 N–H and O–H groups in total. The van der Waals surface area contributed by atoms with Crippen molar-refractivity contribution in [2.24, 2.45) is 5.92 Å². The molecule has 8 heteroatoms. The predicted octanol–water partition coefficient (Wildman–Crippen LogP) is 1.55. The largest absolute Gasteiger partial charge is 0.465 e. The number of carboxylic acid groups (broad SMARTS) is 1. The second-order valence-corrected chi connectivity index (χ2v) is 6.95. The van der Waals surface area contributed by atoms with E-state index < -0.39 is 6.09 Å². The number of hydrogen-bond acceptors (Lipinski definition) is 5. The zero-order valence-electron chi connectivity index (χ0n) is 15.9. The summed E-state index contributed by atoms with van der Waals surface area (Å²) in [6.07, 6.45) is 0.739. The maximum atomic E-state index is 13.1. The van der Waals surface area contributed by atoms with Crippen LogP contribution in [0.25, 0.3) is 0 Å². The Morgan fingerprint density at radius 1 is 1.22 bits per heavy atom. The number of aryl methyl sites for hydroxylation is 1. The number of nitrogens with one attached hydrogen (secondary N) is 1. The molecule has 8 nitrogen and oxygen atoms in total. The fourth-order valence-corrected chi connectivity index (χ4v) is 3.23. The lowest BCUT2D eigenvalue weighted by Crippen LogP contribution is -2.45. The first-order valence-corrected chi connectivity index (χ1v) is 9.18. The van der Waals surface area contributed by atoms with Gasteiger partial charge in [-0.05, 0) is 63.0 Å². The van der Waals surface area contributed by atoms with E-state index in [1.54, 1.807) is 25.1 Å². The van der Waals surface area contributed by atoms with Crippen molar-refractivity contribution < 1.29 is 19.5 Å². The zero-order valence-corrected chi connectivity index (χ0v) is 15.9. The van der Waals surface area contributed by atoms with Crippen LogP contribution in [0.2, 0.25) is 0 Å². The van der Waals surface area contributed by atoms with Crippen molar-refractivity contribution in [3.63, 3.8) is 0 Å². The number of rotatable bonds is 6. The highest BCUT2D eigenvalue weighted by Gasteiger charge is 2.30. The van der Waals surface area contributed by atoms with E-state index in [0.717, 1.165) is 18.0 Å². The number of benzene rings is 1. The number of hydrogen-bond donors (Lipinski definition) is 3. The van der Waals surface area contributed by atoms with Gasteiger partial charge in [0.25, 0.3) is 5.91 Å². The molecule has 0 radical (unpaired) electrons. The molecule has 0 spiro atoms. The van der Waals surface area contributed by atoms with Gasteiger partial charge in [-0.1, -0.05) is 0 Å². The molecule has 1 fully saturated rings. The fraction of sp³-hybridized carbons (Fsp3) is 0.526. The third-order valence-electron chi connectivity index (χ3n) is 4.88. The predicted molar refractivity (Wildman–Crippen MR) is 103 cm³/mol. The van der Waals surface area contributed by atoms with Gasteiger partial charge in [0.05, 0.1) is 0 Å². The minimum atomic E-state index is -1.04. The Kier molecular flexibility index (Phi) is 7.18. The normalized spacial score (nSPS) is 14.6. The molecule has 1 saturated heterocycles. The van der Waals surface area contributed by atoms with Gasteiger partial charge in [0, 0.05) is 37.3 Å². The van der Waals surface area contributed by atoms with E-state index in [-0.39, 0.29) is 30.8 Å². The number of amides is 3. The second kappa shape index (κ2) is 9.36. The van der Waals surface area contributed by atoms with E-state index in [0.29, 0.717) is 36.1 Å². The van der Waals surface area contributed by atoms with Crippen molar-refractivity contribution in [3.05, 3.63) is 29.3 Å². The molecule has 0 saturated carbocycles. The van der Waals surface area contributed by atoms with Crippen LogP contribution in [0.15, 0.2) is 18.2 Å². The first-order valence-electron chi connectivity index (χ1n) is 9.18. The maximum absolute atomic E-state index is 13.1. The van der Waals surface area contributed by atoms with Crippen LogP contribution in [-0.2, 0) is 4.79 Å². The van der Waals surface area contributed by atoms with Crippen LogP contribution in [0.4, 0.5) is 10.5 Å². The van der Waals surface area contributed by atoms with E-state index >= 15 is 0 Å². The summed E-state index contributed by atoms with van der Waals surface area (Å²) in [5.41, 5.74) is 7.48. The first kappa shape index (κ1) is 20.7. The Morgan fingerprint density at radius 2 is 1.89 bits per heavy atom. The number of piperidine rings is 1. The van der Waals surface area contributed by atoms with Crippen molar-refractivity contribution in [2.45, 2.75) is 26.2 Å². The smallest absolute Gasteiger partial charge is 0.407 e. The van der Waals surface area contributed by atoms with E-state index in [1.165, 1.54) is 11.9 Å². The summed E-state index contributed by atoms with van der Waals surface area (Å²) in [5, 5.41) is 12.2. The third-order valence-corrected chi connectivity index (χ3v) is 4.88. The van der Waals surface area contributed by atoms with Gasteiger partial charge < -0.3 is 21.1 Å². The molecule has 2 rings (SSSR count). The summed E-state index contributed by atoms with van der Waals surface area (Å²) in [5.74, 6) is -0.730. The molecule has 0 aromatic heterocycles. The Hall–Kier alpha value is -2.61. The first-order chi connectivity index (χ1) is 12.8. The van der Waals surface area contributed by atoms with Gasteiger partial charge >= 0.3 is 6.09 Å². The van der Waals surface area contributed by atoms with Gasteiger partial charge in [-0.3, -0.25) is 14.5 Å². The van der Waals surface area contributed by atoms with Gasteiger partial charge in [0.2, 0.25) is 5.91 Å². The highest BCUT2D eigenvalue weighted by atomic mass is 16.4. The van der Waals surface area contributed by atoms with Gasteiger partial charge in [0.1, 0.15) is 0 Å². The van der Waals surface area contributed by atoms with E-state index in [4.69, 9.17) is 10.8 Å². The van der Waals surface area contributed by atoms with Crippen LogP contribution in [0.1, 0.15) is 35.2 Å². The van der Waals surface area contributed by atoms with E-state index in [2.05, 4.69) is 5.32 Å². The molecular weight excluding hydrogens is 348 g/mol. The number of anilines is 1. The van der Waals surface area contributed by atoms with Gasteiger partial charge in [-0.2, -0.15) is 0 Å². The van der Waals surface area contributed by atoms with Crippen LogP contribution < -0.4 is 11.1 Å². The zero-order chi connectivity index (χ0) is 20.0. The lowest BCUT2D eigenvalue weighted by Gasteiger charge is -2.29. The van der Waals surface area contributed by atoms with Crippen molar-refractivity contribution in [1.82, 2.24) is 15.1 Å². The summed E-state index contributed by atoms with van der Waals surface area (Å²) < 4.78 is 0. The third kappa shape index (κ3) is 5.43. The molecule has 0 atom stereocenters. The minimum Gasteiger partial charge on any atom is -0.465 e. The van der Waals surface area contributed by atoms with Crippen LogP contribution >= 0.6 is 0 Å². The molecule has 1 aromatic carbocycles. The quantitative estimate of drug-likeness (QED) is 0.512. The molecule has 0 unspecified atom stereocenters. The molecule has 1 aromatic rings. The molecule has 1 aliphatic heterocycles. The van der Waals surface area contributed by atoms with E-state index in [9.17, 15) is 14.4 Å². The summed E-state index contributed by atoms with van der Waals surface area (Å²) in [4.78, 5) is 39.5. The molecule has 3 amide bonds. The monoisotopic (exact) mass is 376 g/mol. The lowest BCUT2D eigenvalue weighted by atomic mass is 9.95. The van der Waals surface area contributed by atoms with Crippen molar-refractivity contribution in [2.75, 3.05) is 39.0 Å². The molecule has 1 aliphatic rings. The molecule has 27 heavy (non-hydrogen) atoms. The maximum Gasteiger partial charge on any atom is 0.407 e. The number of carbonyl (C=O) groups is 3. The summed E-state index contributed by atoms with van der Waals surface area (Å²) >= 11 is 0. The Bertz CT molecular complexity index is 701. The molecular formula is C19H28N4O4. The van der Waals surface area contributed by atoms with Crippen molar-refractivity contribution >= 4 is 23.6 Å². The van der Waals surface area contributed by atoms with Crippen molar-refractivity contribution in [3.8, 4) is 0 Å². The standard InChI is InChI=1S/C19H28N4O4/c1-13-12-15(20)4-5-16(13)18(25)23(11-3-10-22(2)19(26)27)17(24)14-6-8-21-9-7-14/h4-5,12,14,21H,3,6-11,20H2,1-2H3,(H,26,27). The Labute approximate surface area is 159 Å². The van der Waals surface area contributed by atoms with E-state index in [1.807, 2.05) is 0 Å². The summed E-state index contributed by atoms with van der Waals surface area (Å²) in [6, 6.07) is 4.99. The number of imide groups is 1. The number of carbonyl (C=O) groups excluding carboxylic acids is 2. The Morgan fingerprint density at radius 3 is 2.48 bits per heavy atom. The number of nitrogen functional groups attached to an aromatic ring is 1. The molecule has 0 aliphatic carbocycles. The number of nitrogens with two attached hydrogens (primary N) is 1. The fourth-order valence-electron chi connectivity index (χ4n) is 3.23. The average molecular weight is 376 g/mol. The second-order valence-electron chi connectivity index (χ2n) is 6.95. The van der Waals surface area contributed by atoms with Crippen LogP contribution in [0.5, 0.6) is 0 Å². The average Bonchev–Trinajstić information content (AvgIpc) is 2.64. The SMILES string of the molecule is Cc1cc(N)ccc1C(=O)N(CCCN(C)C(=O)O)C(=O)C1CCNCC1. The highest BCUT2D eigenvalue weighted by molar-refractivity contribution is 6.06. The minimum absolute atomic E-state index is 0.184. The number of nitrogens with zero attached hydrogens (tertiary/aromatic N) is 2. The topological polar surface area (TPSA) is 116 Å². The summed E-state index contributed by atoms with van der Waals surface area (Å²) in [7, 11) is 1.47. The van der Waals surface area contributed by atoms with Crippen molar-refractivity contribution in [1.29, 1.82) is 0 Å². The lowest BCUT2D eigenvalue weighted by molar-refractivity contribution is -0.133. The molecule has 1 heterocycles. The molecule has 0 bridgehead atoms. The molecule has 148 valence electrons. The Balaban J connectivity index is 2.18. The van der Waals surface area contributed by atoms with Crippen LogP contribution in [0.3, 0.4) is 0 Å². The highest BCUT2D eigenvalue weighted by Crippen LogP contribution is 2.20. The van der Waals surface area contributed by atoms with Gasteiger partial charge in [-0.25, -0.2) is 4.79 Å². The van der Waals surface area contributed by atoms with Gasteiger partial charge in [-0.15, -0.1) is 0 Å².